The average molecular weight is 342 g/mol. The summed E-state index contributed by atoms with van der Waals surface area (Å²) >= 11 is 3.42. The summed E-state index contributed by atoms with van der Waals surface area (Å²) in [6.07, 6.45) is 0. The molecule has 5 heteroatoms. The Morgan fingerprint density at radius 2 is 2.10 bits per heavy atom. The average Bonchev–Trinajstić information content (AvgIpc) is 2.72. The lowest BCUT2D eigenvalue weighted by atomic mass is 10.1. The first-order chi connectivity index (χ1) is 10.1. The third-order valence-electron chi connectivity index (χ3n) is 3.55. The van der Waals surface area contributed by atoms with Crippen LogP contribution in [0, 0.1) is 11.3 Å². The minimum atomic E-state index is -0.618. The van der Waals surface area contributed by atoms with Gasteiger partial charge in [-0.15, -0.1) is 0 Å². The van der Waals surface area contributed by atoms with Gasteiger partial charge in [-0.05, 0) is 29.8 Å². The van der Waals surface area contributed by atoms with Crippen molar-refractivity contribution in [3.63, 3.8) is 0 Å². The molecule has 1 unspecified atom stereocenters. The summed E-state index contributed by atoms with van der Waals surface area (Å²) in [6, 6.07) is 14.4. The van der Waals surface area contributed by atoms with E-state index in [4.69, 9.17) is 11.0 Å². The summed E-state index contributed by atoms with van der Waals surface area (Å²) in [7, 11) is 0. The number of hydrogen-bond donors (Lipinski definition) is 1. The highest BCUT2D eigenvalue weighted by molar-refractivity contribution is 9.10. The van der Waals surface area contributed by atoms with Gasteiger partial charge in [0.05, 0.1) is 23.9 Å². The SMILES string of the molecule is N#Cc1cccc(CN2C(=O)C(N)c3ccc(Br)cc32)c1. The molecule has 0 bridgehead atoms. The lowest BCUT2D eigenvalue weighted by Gasteiger charge is -2.18. The van der Waals surface area contributed by atoms with Crippen LogP contribution < -0.4 is 10.6 Å². The molecule has 2 aromatic carbocycles. The molecule has 0 spiro atoms. The molecule has 1 heterocycles. The highest BCUT2D eigenvalue weighted by Gasteiger charge is 2.34. The van der Waals surface area contributed by atoms with Gasteiger partial charge in [0.1, 0.15) is 6.04 Å². The molecule has 1 atom stereocenters. The molecule has 1 aliphatic rings. The number of nitriles is 1. The Labute approximate surface area is 130 Å². The molecule has 1 aliphatic heterocycles. The molecule has 0 fully saturated rings. The molecule has 0 saturated carbocycles. The zero-order valence-corrected chi connectivity index (χ0v) is 12.7. The van der Waals surface area contributed by atoms with Crippen molar-refractivity contribution >= 4 is 27.5 Å². The van der Waals surface area contributed by atoms with Crippen LogP contribution in [0.25, 0.3) is 0 Å². The molecule has 0 radical (unpaired) electrons. The maximum Gasteiger partial charge on any atom is 0.248 e. The zero-order valence-electron chi connectivity index (χ0n) is 11.1. The Kier molecular flexibility index (Phi) is 3.50. The predicted octanol–water partition coefficient (Wildman–Crippen LogP) is 2.87. The van der Waals surface area contributed by atoms with Gasteiger partial charge in [-0.25, -0.2) is 0 Å². The number of fused-ring (bicyclic) bond motifs is 1. The standard InChI is InChI=1S/C16H12BrN3O/c17-12-4-5-13-14(7-12)20(16(21)15(13)19)9-11-3-1-2-10(6-11)8-18/h1-7,15H,9,19H2. The van der Waals surface area contributed by atoms with E-state index in [1.165, 1.54) is 0 Å². The Morgan fingerprint density at radius 3 is 2.86 bits per heavy atom. The van der Waals surface area contributed by atoms with Gasteiger partial charge < -0.3 is 10.6 Å². The van der Waals surface area contributed by atoms with Crippen LogP contribution in [-0.2, 0) is 11.3 Å². The topological polar surface area (TPSA) is 70.1 Å². The van der Waals surface area contributed by atoms with Crippen LogP contribution in [0.5, 0.6) is 0 Å². The molecule has 0 saturated heterocycles. The van der Waals surface area contributed by atoms with Crippen molar-refractivity contribution < 1.29 is 4.79 Å². The molecule has 3 rings (SSSR count). The van der Waals surface area contributed by atoms with Gasteiger partial charge in [0.15, 0.2) is 0 Å². The number of hydrogen-bond acceptors (Lipinski definition) is 3. The maximum absolute atomic E-state index is 12.4. The number of rotatable bonds is 2. The number of nitrogens with zero attached hydrogens (tertiary/aromatic N) is 2. The fraction of sp³-hybridized carbons (Fsp3) is 0.125. The number of carbonyl (C=O) groups is 1. The molecular weight excluding hydrogens is 330 g/mol. The molecule has 0 aromatic heterocycles. The number of amides is 1. The predicted molar refractivity (Wildman–Crippen MR) is 83.4 cm³/mol. The number of carbonyl (C=O) groups excluding carboxylic acids is 1. The second kappa shape index (κ2) is 5.32. The van der Waals surface area contributed by atoms with E-state index in [2.05, 4.69) is 22.0 Å². The summed E-state index contributed by atoms with van der Waals surface area (Å²) in [5, 5.41) is 8.95. The first-order valence-corrected chi connectivity index (χ1v) is 7.25. The van der Waals surface area contributed by atoms with Crippen LogP contribution in [0.1, 0.15) is 22.7 Å². The summed E-state index contributed by atoms with van der Waals surface area (Å²) in [6.45, 7) is 0.408. The quantitative estimate of drug-likeness (QED) is 0.912. The first kappa shape index (κ1) is 13.8. The van der Waals surface area contributed by atoms with E-state index in [1.54, 1.807) is 17.0 Å². The number of nitrogens with two attached hydrogens (primary N) is 1. The van der Waals surface area contributed by atoms with Gasteiger partial charge in [-0.2, -0.15) is 5.26 Å². The lowest BCUT2D eigenvalue weighted by Crippen LogP contribution is -2.31. The number of anilines is 1. The second-order valence-electron chi connectivity index (χ2n) is 4.92. The summed E-state index contributed by atoms with van der Waals surface area (Å²) < 4.78 is 0.902. The maximum atomic E-state index is 12.4. The van der Waals surface area contributed by atoms with E-state index in [1.807, 2.05) is 30.3 Å². The van der Waals surface area contributed by atoms with Crippen LogP contribution in [0.3, 0.4) is 0 Å². The molecule has 21 heavy (non-hydrogen) atoms. The Morgan fingerprint density at radius 1 is 1.29 bits per heavy atom. The fourth-order valence-corrected chi connectivity index (χ4v) is 2.87. The highest BCUT2D eigenvalue weighted by atomic mass is 79.9. The van der Waals surface area contributed by atoms with E-state index < -0.39 is 6.04 Å². The third kappa shape index (κ3) is 2.44. The Bertz CT molecular complexity index is 766. The van der Waals surface area contributed by atoms with Crippen molar-refractivity contribution in [2.24, 2.45) is 5.73 Å². The van der Waals surface area contributed by atoms with Crippen LogP contribution in [0.2, 0.25) is 0 Å². The fourth-order valence-electron chi connectivity index (χ4n) is 2.52. The minimum absolute atomic E-state index is 0.120. The van der Waals surface area contributed by atoms with E-state index in [0.717, 1.165) is 21.3 Å². The van der Waals surface area contributed by atoms with Crippen molar-refractivity contribution in [3.8, 4) is 6.07 Å². The van der Waals surface area contributed by atoms with Gasteiger partial charge >= 0.3 is 0 Å². The molecular formula is C16H12BrN3O. The zero-order chi connectivity index (χ0) is 15.0. The van der Waals surface area contributed by atoms with Crippen molar-refractivity contribution in [2.45, 2.75) is 12.6 Å². The number of halogens is 1. The molecule has 2 aromatic rings. The van der Waals surface area contributed by atoms with Gasteiger partial charge in [0, 0.05) is 10.0 Å². The molecule has 1 amide bonds. The second-order valence-corrected chi connectivity index (χ2v) is 5.83. The van der Waals surface area contributed by atoms with Crippen LogP contribution >= 0.6 is 15.9 Å². The molecule has 2 N–H and O–H groups in total. The largest absolute Gasteiger partial charge is 0.316 e. The van der Waals surface area contributed by atoms with Crippen molar-refractivity contribution in [2.75, 3.05) is 4.90 Å². The number of benzene rings is 2. The molecule has 0 aliphatic carbocycles. The summed E-state index contributed by atoms with van der Waals surface area (Å²) in [4.78, 5) is 14.0. The van der Waals surface area contributed by atoms with Gasteiger partial charge in [-0.1, -0.05) is 34.1 Å². The van der Waals surface area contributed by atoms with Gasteiger partial charge in [-0.3, -0.25) is 4.79 Å². The third-order valence-corrected chi connectivity index (χ3v) is 4.04. The molecule has 104 valence electrons. The van der Waals surface area contributed by atoms with E-state index in [9.17, 15) is 4.79 Å². The van der Waals surface area contributed by atoms with Crippen LogP contribution in [0.4, 0.5) is 5.69 Å². The van der Waals surface area contributed by atoms with E-state index in [-0.39, 0.29) is 5.91 Å². The Hall–Kier alpha value is -2.16. The minimum Gasteiger partial charge on any atom is -0.316 e. The van der Waals surface area contributed by atoms with Crippen molar-refractivity contribution in [3.05, 3.63) is 63.6 Å². The van der Waals surface area contributed by atoms with Crippen LogP contribution in [0.15, 0.2) is 46.9 Å². The highest BCUT2D eigenvalue weighted by Crippen LogP contribution is 2.37. The summed E-state index contributed by atoms with van der Waals surface area (Å²) in [5.74, 6) is -0.120. The normalized spacial score (nSPS) is 16.7. The van der Waals surface area contributed by atoms with E-state index in [0.29, 0.717) is 12.1 Å². The van der Waals surface area contributed by atoms with Gasteiger partial charge in [0.2, 0.25) is 5.91 Å². The monoisotopic (exact) mass is 341 g/mol. The lowest BCUT2D eigenvalue weighted by molar-refractivity contribution is -0.119. The van der Waals surface area contributed by atoms with Gasteiger partial charge in [0.25, 0.3) is 0 Å². The smallest absolute Gasteiger partial charge is 0.248 e. The Balaban J connectivity index is 1.98. The molecule has 4 nitrogen and oxygen atoms in total. The van der Waals surface area contributed by atoms with Crippen molar-refractivity contribution in [1.29, 1.82) is 5.26 Å². The first-order valence-electron chi connectivity index (χ1n) is 6.45. The van der Waals surface area contributed by atoms with E-state index >= 15 is 0 Å². The summed E-state index contributed by atoms with van der Waals surface area (Å²) in [5.41, 5.74) is 9.12. The van der Waals surface area contributed by atoms with Crippen LogP contribution in [-0.4, -0.2) is 5.91 Å². The van der Waals surface area contributed by atoms with Crippen molar-refractivity contribution in [1.82, 2.24) is 0 Å².